The van der Waals surface area contributed by atoms with Crippen LogP contribution in [-0.4, -0.2) is 36.0 Å². The van der Waals surface area contributed by atoms with Crippen LogP contribution in [0.1, 0.15) is 21.8 Å². The molecule has 4 rings (SSSR count). The van der Waals surface area contributed by atoms with Crippen LogP contribution < -0.4 is 4.74 Å². The molecule has 0 unspecified atom stereocenters. The lowest BCUT2D eigenvalue weighted by Gasteiger charge is -2.39. The van der Waals surface area contributed by atoms with E-state index in [9.17, 15) is 4.79 Å². The molecule has 4 heteroatoms. The van der Waals surface area contributed by atoms with Crippen molar-refractivity contribution in [2.45, 2.75) is 5.92 Å². The fourth-order valence-corrected chi connectivity index (χ4v) is 3.35. The molecular weight excluding hydrogens is 324 g/mol. The van der Waals surface area contributed by atoms with Crippen LogP contribution in [0.4, 0.5) is 0 Å². The highest BCUT2D eigenvalue weighted by Gasteiger charge is 2.32. The van der Waals surface area contributed by atoms with Gasteiger partial charge < -0.3 is 9.64 Å². The van der Waals surface area contributed by atoms with Crippen molar-refractivity contribution < 1.29 is 9.53 Å². The maximum absolute atomic E-state index is 12.7. The zero-order valence-electron chi connectivity index (χ0n) is 14.6. The topological polar surface area (TPSA) is 42.4 Å². The number of nitrogens with zero attached hydrogens (tertiary/aromatic N) is 2. The molecule has 1 aromatic heterocycles. The number of carbonyl (C=O) groups excluding carboxylic acids is 1. The Balaban J connectivity index is 1.45. The van der Waals surface area contributed by atoms with Crippen molar-refractivity contribution in [2.24, 2.45) is 0 Å². The molecule has 4 nitrogen and oxygen atoms in total. The van der Waals surface area contributed by atoms with Crippen LogP contribution in [-0.2, 0) is 0 Å². The number of amides is 1. The van der Waals surface area contributed by atoms with E-state index in [0.717, 1.165) is 35.5 Å². The van der Waals surface area contributed by atoms with Crippen molar-refractivity contribution in [3.8, 4) is 16.9 Å². The number of hydrogen-bond acceptors (Lipinski definition) is 3. The van der Waals surface area contributed by atoms with E-state index in [-0.39, 0.29) is 5.91 Å². The molecule has 1 fully saturated rings. The first-order valence-electron chi connectivity index (χ1n) is 8.69. The molecule has 2 heterocycles. The van der Waals surface area contributed by atoms with E-state index in [2.05, 4.69) is 4.98 Å². The number of rotatable bonds is 4. The minimum atomic E-state index is 0.0851. The Bertz CT molecular complexity index is 901. The standard InChI is InChI=1S/C22H20N2O2/c1-26-21-5-3-2-4-20(21)17-6-8-18(9-7-17)22(25)24-14-19(15-24)16-10-12-23-13-11-16/h2-13,19H,14-15H2,1H3. The summed E-state index contributed by atoms with van der Waals surface area (Å²) in [5, 5.41) is 0. The molecule has 26 heavy (non-hydrogen) atoms. The molecule has 2 aromatic carbocycles. The summed E-state index contributed by atoms with van der Waals surface area (Å²) >= 11 is 0. The van der Waals surface area contributed by atoms with Gasteiger partial charge in [0.15, 0.2) is 0 Å². The van der Waals surface area contributed by atoms with Gasteiger partial charge in [-0.3, -0.25) is 9.78 Å². The van der Waals surface area contributed by atoms with Gasteiger partial charge >= 0.3 is 0 Å². The Morgan fingerprint density at radius 2 is 1.69 bits per heavy atom. The lowest BCUT2D eigenvalue weighted by Crippen LogP contribution is -2.48. The summed E-state index contributed by atoms with van der Waals surface area (Å²) in [7, 11) is 1.67. The highest BCUT2D eigenvalue weighted by atomic mass is 16.5. The maximum atomic E-state index is 12.7. The summed E-state index contributed by atoms with van der Waals surface area (Å²) in [6, 6.07) is 19.7. The fraction of sp³-hybridized carbons (Fsp3) is 0.182. The second-order valence-corrected chi connectivity index (χ2v) is 6.47. The molecule has 0 atom stereocenters. The average Bonchev–Trinajstić information content (AvgIpc) is 2.67. The Morgan fingerprint density at radius 1 is 1.00 bits per heavy atom. The van der Waals surface area contributed by atoms with Crippen LogP contribution in [0.15, 0.2) is 73.1 Å². The van der Waals surface area contributed by atoms with Crippen molar-refractivity contribution in [1.82, 2.24) is 9.88 Å². The van der Waals surface area contributed by atoms with Crippen LogP contribution in [0.5, 0.6) is 5.75 Å². The molecule has 0 radical (unpaired) electrons. The number of pyridine rings is 1. The minimum absolute atomic E-state index is 0.0851. The molecule has 3 aromatic rings. The Hall–Kier alpha value is -3.14. The second kappa shape index (κ2) is 7.00. The summed E-state index contributed by atoms with van der Waals surface area (Å²) in [4.78, 5) is 18.6. The molecule has 0 aliphatic carbocycles. The third-order valence-corrected chi connectivity index (χ3v) is 4.90. The molecule has 1 saturated heterocycles. The van der Waals surface area contributed by atoms with Gasteiger partial charge in [-0.05, 0) is 41.5 Å². The van der Waals surface area contributed by atoms with Gasteiger partial charge in [0, 0.05) is 42.5 Å². The van der Waals surface area contributed by atoms with Crippen LogP contribution in [0.3, 0.4) is 0 Å². The quantitative estimate of drug-likeness (QED) is 0.718. The Labute approximate surface area is 153 Å². The lowest BCUT2D eigenvalue weighted by atomic mass is 9.91. The normalized spacial score (nSPS) is 14.0. The van der Waals surface area contributed by atoms with Gasteiger partial charge in [0.25, 0.3) is 5.91 Å². The minimum Gasteiger partial charge on any atom is -0.496 e. The lowest BCUT2D eigenvalue weighted by molar-refractivity contribution is 0.0602. The monoisotopic (exact) mass is 344 g/mol. The number of carbonyl (C=O) groups is 1. The highest BCUT2D eigenvalue weighted by molar-refractivity contribution is 5.95. The first kappa shape index (κ1) is 16.3. The molecule has 1 amide bonds. The highest BCUT2D eigenvalue weighted by Crippen LogP contribution is 2.31. The molecule has 0 spiro atoms. The Morgan fingerprint density at radius 3 is 2.38 bits per heavy atom. The first-order chi connectivity index (χ1) is 12.8. The van der Waals surface area contributed by atoms with Gasteiger partial charge in [0.05, 0.1) is 7.11 Å². The van der Waals surface area contributed by atoms with E-state index in [1.54, 1.807) is 19.5 Å². The number of methoxy groups -OCH3 is 1. The zero-order valence-corrected chi connectivity index (χ0v) is 14.6. The van der Waals surface area contributed by atoms with E-state index >= 15 is 0 Å². The van der Waals surface area contributed by atoms with Gasteiger partial charge in [-0.25, -0.2) is 0 Å². The number of ether oxygens (including phenoxy) is 1. The van der Waals surface area contributed by atoms with Crippen molar-refractivity contribution in [3.63, 3.8) is 0 Å². The predicted octanol–water partition coefficient (Wildman–Crippen LogP) is 4.00. The van der Waals surface area contributed by atoms with Crippen molar-refractivity contribution in [3.05, 3.63) is 84.2 Å². The van der Waals surface area contributed by atoms with Crippen LogP contribution in [0, 0.1) is 0 Å². The van der Waals surface area contributed by atoms with E-state index in [1.807, 2.05) is 65.6 Å². The van der Waals surface area contributed by atoms with Crippen molar-refractivity contribution in [1.29, 1.82) is 0 Å². The summed E-state index contributed by atoms with van der Waals surface area (Å²) in [5.41, 5.74) is 4.03. The molecule has 1 aliphatic rings. The second-order valence-electron chi connectivity index (χ2n) is 6.47. The summed E-state index contributed by atoms with van der Waals surface area (Å²) in [6.07, 6.45) is 3.60. The fourth-order valence-electron chi connectivity index (χ4n) is 3.35. The van der Waals surface area contributed by atoms with Gasteiger partial charge in [-0.2, -0.15) is 0 Å². The third-order valence-electron chi connectivity index (χ3n) is 4.90. The van der Waals surface area contributed by atoms with Crippen LogP contribution in [0.2, 0.25) is 0 Å². The van der Waals surface area contributed by atoms with E-state index in [1.165, 1.54) is 5.56 Å². The Kier molecular flexibility index (Phi) is 4.40. The largest absolute Gasteiger partial charge is 0.496 e. The van der Waals surface area contributed by atoms with Crippen molar-refractivity contribution in [2.75, 3.05) is 20.2 Å². The zero-order chi connectivity index (χ0) is 17.9. The number of para-hydroxylation sites is 1. The smallest absolute Gasteiger partial charge is 0.253 e. The third kappa shape index (κ3) is 3.06. The van der Waals surface area contributed by atoms with Gasteiger partial charge in [0.1, 0.15) is 5.75 Å². The van der Waals surface area contributed by atoms with E-state index in [4.69, 9.17) is 4.74 Å². The molecule has 0 bridgehead atoms. The van der Waals surface area contributed by atoms with Crippen LogP contribution >= 0.6 is 0 Å². The van der Waals surface area contributed by atoms with Gasteiger partial charge in [-0.1, -0.05) is 30.3 Å². The molecule has 0 N–H and O–H groups in total. The van der Waals surface area contributed by atoms with Crippen LogP contribution in [0.25, 0.3) is 11.1 Å². The number of hydrogen-bond donors (Lipinski definition) is 0. The average molecular weight is 344 g/mol. The number of aromatic nitrogens is 1. The maximum Gasteiger partial charge on any atom is 0.253 e. The van der Waals surface area contributed by atoms with Crippen molar-refractivity contribution >= 4 is 5.91 Å². The first-order valence-corrected chi connectivity index (χ1v) is 8.69. The molecule has 1 aliphatic heterocycles. The summed E-state index contributed by atoms with van der Waals surface area (Å²) < 4.78 is 5.42. The van der Waals surface area contributed by atoms with Gasteiger partial charge in [0.2, 0.25) is 0 Å². The predicted molar refractivity (Wildman–Crippen MR) is 101 cm³/mol. The number of likely N-dealkylation sites (tertiary alicyclic amines) is 1. The van der Waals surface area contributed by atoms with E-state index < -0.39 is 0 Å². The summed E-state index contributed by atoms with van der Waals surface area (Å²) in [5.74, 6) is 1.33. The summed E-state index contributed by atoms with van der Waals surface area (Å²) in [6.45, 7) is 1.52. The van der Waals surface area contributed by atoms with Gasteiger partial charge in [-0.15, -0.1) is 0 Å². The SMILES string of the molecule is COc1ccccc1-c1ccc(C(=O)N2CC(c3ccncc3)C2)cc1. The molecule has 0 saturated carbocycles. The van der Waals surface area contributed by atoms with E-state index in [0.29, 0.717) is 5.92 Å². The number of benzene rings is 2. The molecule has 130 valence electrons. The molecular formula is C22H20N2O2.